The van der Waals surface area contributed by atoms with Gasteiger partial charge in [0.1, 0.15) is 6.04 Å². The summed E-state index contributed by atoms with van der Waals surface area (Å²) >= 11 is 4.69. The minimum Gasteiger partial charge on any atom is -0.480 e. The van der Waals surface area contributed by atoms with Gasteiger partial charge in [0, 0.05) is 21.5 Å². The lowest BCUT2D eigenvalue weighted by molar-refractivity contribution is -0.140. The van der Waals surface area contributed by atoms with Crippen molar-refractivity contribution < 1.29 is 14.7 Å². The highest BCUT2D eigenvalue weighted by atomic mass is 79.9. The molecule has 0 aromatic heterocycles. The van der Waals surface area contributed by atoms with E-state index in [1.807, 2.05) is 0 Å². The summed E-state index contributed by atoms with van der Waals surface area (Å²) in [6, 6.07) is 4.08. The fourth-order valence-corrected chi connectivity index (χ4v) is 3.20. The van der Waals surface area contributed by atoms with Crippen molar-refractivity contribution in [2.75, 3.05) is 17.4 Å². The molecule has 1 saturated heterocycles. The zero-order valence-electron chi connectivity index (χ0n) is 9.30. The SMILES string of the molecule is Nc1ccc(C(=O)N2CSC[C@H]2C(=O)O)cc1Br. The summed E-state index contributed by atoms with van der Waals surface area (Å²) in [6.45, 7) is 0. The van der Waals surface area contributed by atoms with Gasteiger partial charge in [0.05, 0.1) is 5.88 Å². The molecule has 1 heterocycles. The molecule has 18 heavy (non-hydrogen) atoms. The first-order valence-electron chi connectivity index (χ1n) is 5.17. The van der Waals surface area contributed by atoms with Crippen LogP contribution in [-0.4, -0.2) is 39.6 Å². The second-order valence-corrected chi connectivity index (χ2v) is 5.72. The van der Waals surface area contributed by atoms with Gasteiger partial charge < -0.3 is 15.7 Å². The van der Waals surface area contributed by atoms with Gasteiger partial charge in [-0.2, -0.15) is 0 Å². The largest absolute Gasteiger partial charge is 0.480 e. The number of halogens is 1. The normalized spacial score (nSPS) is 18.9. The summed E-state index contributed by atoms with van der Waals surface area (Å²) in [6.07, 6.45) is 0. The number of anilines is 1. The molecule has 1 aliphatic rings. The van der Waals surface area contributed by atoms with Crippen LogP contribution in [0, 0.1) is 0 Å². The Hall–Kier alpha value is -1.21. The van der Waals surface area contributed by atoms with E-state index in [0.717, 1.165) is 0 Å². The number of thioether (sulfide) groups is 1. The highest BCUT2D eigenvalue weighted by molar-refractivity contribution is 9.10. The highest BCUT2D eigenvalue weighted by Crippen LogP contribution is 2.26. The van der Waals surface area contributed by atoms with Crippen LogP contribution in [0.25, 0.3) is 0 Å². The van der Waals surface area contributed by atoms with E-state index >= 15 is 0 Å². The number of benzene rings is 1. The number of aliphatic carboxylic acids is 1. The van der Waals surface area contributed by atoms with E-state index in [1.165, 1.54) is 16.7 Å². The maximum absolute atomic E-state index is 12.2. The number of nitrogen functional groups attached to an aromatic ring is 1. The van der Waals surface area contributed by atoms with Gasteiger partial charge in [-0.25, -0.2) is 4.79 Å². The molecule has 0 bridgehead atoms. The fraction of sp³-hybridized carbons (Fsp3) is 0.273. The predicted octanol–water partition coefficient (Wildman–Crippen LogP) is 1.63. The molecular weight excluding hydrogens is 320 g/mol. The second-order valence-electron chi connectivity index (χ2n) is 3.87. The van der Waals surface area contributed by atoms with Crippen molar-refractivity contribution in [1.29, 1.82) is 0 Å². The van der Waals surface area contributed by atoms with Crippen molar-refractivity contribution in [2.45, 2.75) is 6.04 Å². The van der Waals surface area contributed by atoms with Crippen molar-refractivity contribution in [1.82, 2.24) is 4.90 Å². The molecule has 1 aromatic carbocycles. The van der Waals surface area contributed by atoms with Crippen LogP contribution >= 0.6 is 27.7 Å². The molecule has 3 N–H and O–H groups in total. The number of carboxylic acids is 1. The van der Waals surface area contributed by atoms with Gasteiger partial charge >= 0.3 is 5.97 Å². The van der Waals surface area contributed by atoms with Gasteiger partial charge in [0.25, 0.3) is 5.91 Å². The molecule has 5 nitrogen and oxygen atoms in total. The maximum atomic E-state index is 12.2. The van der Waals surface area contributed by atoms with E-state index in [1.54, 1.807) is 18.2 Å². The average Bonchev–Trinajstić information content (AvgIpc) is 2.81. The average molecular weight is 331 g/mol. The Morgan fingerprint density at radius 1 is 1.50 bits per heavy atom. The number of hydrogen-bond donors (Lipinski definition) is 2. The number of hydrogen-bond acceptors (Lipinski definition) is 4. The number of amides is 1. The highest BCUT2D eigenvalue weighted by Gasteiger charge is 2.35. The topological polar surface area (TPSA) is 83.6 Å². The smallest absolute Gasteiger partial charge is 0.327 e. The van der Waals surface area contributed by atoms with Gasteiger partial charge in [-0.05, 0) is 34.1 Å². The third-order valence-corrected chi connectivity index (χ3v) is 4.37. The van der Waals surface area contributed by atoms with Crippen LogP contribution in [0.3, 0.4) is 0 Å². The van der Waals surface area contributed by atoms with E-state index in [2.05, 4.69) is 15.9 Å². The summed E-state index contributed by atoms with van der Waals surface area (Å²) < 4.78 is 0.632. The quantitative estimate of drug-likeness (QED) is 0.805. The van der Waals surface area contributed by atoms with E-state index in [0.29, 0.717) is 27.4 Å². The van der Waals surface area contributed by atoms with Crippen LogP contribution in [0.1, 0.15) is 10.4 Å². The number of nitrogens with two attached hydrogens (primary N) is 1. The van der Waals surface area contributed by atoms with Crippen LogP contribution in [0.4, 0.5) is 5.69 Å². The molecule has 0 saturated carbocycles. The summed E-state index contributed by atoms with van der Waals surface area (Å²) in [4.78, 5) is 24.6. The molecule has 7 heteroatoms. The van der Waals surface area contributed by atoms with Crippen LogP contribution in [-0.2, 0) is 4.79 Å². The Kier molecular flexibility index (Phi) is 3.82. The Morgan fingerprint density at radius 3 is 2.83 bits per heavy atom. The predicted molar refractivity (Wildman–Crippen MR) is 73.5 cm³/mol. The minimum atomic E-state index is -0.970. The van der Waals surface area contributed by atoms with E-state index < -0.39 is 12.0 Å². The summed E-state index contributed by atoms with van der Waals surface area (Å²) in [5, 5.41) is 9.04. The molecule has 1 amide bonds. The molecule has 1 aliphatic heterocycles. The summed E-state index contributed by atoms with van der Waals surface area (Å²) in [7, 11) is 0. The lowest BCUT2D eigenvalue weighted by atomic mass is 10.1. The minimum absolute atomic E-state index is 0.284. The zero-order chi connectivity index (χ0) is 13.3. The van der Waals surface area contributed by atoms with Gasteiger partial charge in [-0.3, -0.25) is 4.79 Å². The first-order chi connectivity index (χ1) is 8.50. The van der Waals surface area contributed by atoms with Gasteiger partial charge in [-0.15, -0.1) is 11.8 Å². The van der Waals surface area contributed by atoms with Crippen LogP contribution in [0.5, 0.6) is 0 Å². The van der Waals surface area contributed by atoms with E-state index in [-0.39, 0.29) is 5.91 Å². The summed E-state index contributed by atoms with van der Waals surface area (Å²) in [5.74, 6) is -0.425. The van der Waals surface area contributed by atoms with Crippen molar-refractivity contribution in [3.63, 3.8) is 0 Å². The first-order valence-corrected chi connectivity index (χ1v) is 7.12. The number of carbonyl (C=O) groups excluding carboxylic acids is 1. The Morgan fingerprint density at radius 2 is 2.22 bits per heavy atom. The molecule has 1 aromatic rings. The molecule has 0 radical (unpaired) electrons. The molecule has 1 fully saturated rings. The molecule has 96 valence electrons. The maximum Gasteiger partial charge on any atom is 0.327 e. The van der Waals surface area contributed by atoms with Gasteiger partial charge in [0.2, 0.25) is 0 Å². The molecule has 0 spiro atoms. The van der Waals surface area contributed by atoms with Crippen LogP contribution in [0.2, 0.25) is 0 Å². The van der Waals surface area contributed by atoms with Crippen molar-refractivity contribution >= 4 is 45.3 Å². The van der Waals surface area contributed by atoms with Crippen molar-refractivity contribution in [2.24, 2.45) is 0 Å². The lowest BCUT2D eigenvalue weighted by Gasteiger charge is -2.20. The number of carboxylic acid groups (broad SMARTS) is 1. The third-order valence-electron chi connectivity index (χ3n) is 2.68. The van der Waals surface area contributed by atoms with Gasteiger partial charge in [-0.1, -0.05) is 0 Å². The molecule has 1 atom stereocenters. The number of nitrogens with zero attached hydrogens (tertiary/aromatic N) is 1. The van der Waals surface area contributed by atoms with Crippen molar-refractivity contribution in [3.05, 3.63) is 28.2 Å². The second kappa shape index (κ2) is 5.19. The lowest BCUT2D eigenvalue weighted by Crippen LogP contribution is -2.41. The van der Waals surface area contributed by atoms with E-state index in [9.17, 15) is 9.59 Å². The molecular formula is C11H11BrN2O3S. The van der Waals surface area contributed by atoms with Gasteiger partial charge in [0.15, 0.2) is 0 Å². The monoisotopic (exact) mass is 330 g/mol. The zero-order valence-corrected chi connectivity index (χ0v) is 11.7. The first kappa shape index (κ1) is 13.2. The molecule has 2 rings (SSSR count). The van der Waals surface area contributed by atoms with Crippen molar-refractivity contribution in [3.8, 4) is 0 Å². The molecule has 0 aliphatic carbocycles. The van der Waals surface area contributed by atoms with Crippen LogP contribution < -0.4 is 5.73 Å². The Balaban J connectivity index is 2.25. The molecule has 0 unspecified atom stereocenters. The Bertz CT molecular complexity index is 509. The Labute approximate surface area is 116 Å². The number of carbonyl (C=O) groups is 2. The van der Waals surface area contributed by atoms with Crippen LogP contribution in [0.15, 0.2) is 22.7 Å². The third kappa shape index (κ3) is 2.46. The fourth-order valence-electron chi connectivity index (χ4n) is 1.67. The summed E-state index contributed by atoms with van der Waals surface area (Å²) in [5.41, 5.74) is 6.62. The number of rotatable bonds is 2. The van der Waals surface area contributed by atoms with E-state index in [4.69, 9.17) is 10.8 Å². The standard InChI is InChI=1S/C11H11BrN2O3S/c12-7-3-6(1-2-8(7)13)10(15)14-5-18-4-9(14)11(16)17/h1-3,9H,4-5,13H2,(H,16,17)/t9-/m0/s1.